The van der Waals surface area contributed by atoms with E-state index in [1.54, 1.807) is 7.11 Å². The number of aromatic nitrogens is 4. The third-order valence-corrected chi connectivity index (χ3v) is 3.75. The van der Waals surface area contributed by atoms with Crippen LogP contribution in [-0.4, -0.2) is 33.5 Å². The molecule has 0 radical (unpaired) electrons. The van der Waals surface area contributed by atoms with Crippen LogP contribution in [0.2, 0.25) is 0 Å². The van der Waals surface area contributed by atoms with Gasteiger partial charge in [0.1, 0.15) is 16.4 Å². The molecule has 0 N–H and O–H groups in total. The maximum absolute atomic E-state index is 5.73. The largest absolute Gasteiger partial charge is 0.479 e. The number of halogens is 1. The molecule has 0 bridgehead atoms. The summed E-state index contributed by atoms with van der Waals surface area (Å²) >= 11 is 3.53. The highest BCUT2D eigenvalue weighted by Crippen LogP contribution is 2.32. The smallest absolute Gasteiger partial charge is 0.245 e. The third-order valence-electron chi connectivity index (χ3n) is 3.01. The van der Waals surface area contributed by atoms with Gasteiger partial charge >= 0.3 is 0 Å². The van der Waals surface area contributed by atoms with Crippen molar-refractivity contribution < 1.29 is 9.47 Å². The summed E-state index contributed by atoms with van der Waals surface area (Å²) in [5.74, 6) is 0.482. The van der Waals surface area contributed by atoms with Gasteiger partial charge in [0.15, 0.2) is 11.7 Å². The number of hydrogen-bond acceptors (Lipinski definition) is 5. The molecule has 1 atom stereocenters. The Morgan fingerprint density at radius 2 is 2.28 bits per heavy atom. The molecule has 1 aliphatic heterocycles. The molecule has 2 aromatic rings. The summed E-state index contributed by atoms with van der Waals surface area (Å²) in [6.45, 7) is 0.774. The van der Waals surface area contributed by atoms with Gasteiger partial charge in [-0.15, -0.1) is 0 Å². The van der Waals surface area contributed by atoms with Crippen LogP contribution in [0.3, 0.4) is 0 Å². The van der Waals surface area contributed by atoms with Gasteiger partial charge in [-0.3, -0.25) is 0 Å². The lowest BCUT2D eigenvalue weighted by molar-refractivity contribution is -0.0404. The lowest BCUT2D eigenvalue weighted by atomic mass is 10.2. The van der Waals surface area contributed by atoms with Gasteiger partial charge < -0.3 is 9.47 Å². The maximum Gasteiger partial charge on any atom is 0.245 e. The van der Waals surface area contributed by atoms with Crippen molar-refractivity contribution in [2.24, 2.45) is 0 Å². The zero-order chi connectivity index (χ0) is 12.5. The first kappa shape index (κ1) is 11.9. The van der Waals surface area contributed by atoms with Crippen molar-refractivity contribution in [3.05, 3.63) is 10.9 Å². The molecule has 6 nitrogen and oxygen atoms in total. The summed E-state index contributed by atoms with van der Waals surface area (Å²) in [5, 5.41) is 4.50. The highest BCUT2D eigenvalue weighted by molar-refractivity contribution is 9.10. The van der Waals surface area contributed by atoms with E-state index in [4.69, 9.17) is 9.47 Å². The first-order chi connectivity index (χ1) is 8.81. The van der Waals surface area contributed by atoms with Crippen LogP contribution in [0.25, 0.3) is 11.0 Å². The van der Waals surface area contributed by atoms with Crippen molar-refractivity contribution in [3.8, 4) is 5.88 Å². The standard InChI is InChI=1S/C11H13BrN4O2/c1-17-11-9-8(13-6-14-11)10(12)16(15-9)7-4-2-3-5-18-7/h6-7H,2-5H2,1H3. The molecule has 1 aliphatic rings. The minimum atomic E-state index is -0.0352. The first-order valence-corrected chi connectivity index (χ1v) is 6.65. The topological polar surface area (TPSA) is 62.1 Å². The predicted molar refractivity (Wildman–Crippen MR) is 68.4 cm³/mol. The van der Waals surface area contributed by atoms with Crippen molar-refractivity contribution in [1.29, 1.82) is 0 Å². The molecule has 7 heteroatoms. The fourth-order valence-corrected chi connectivity index (χ4v) is 2.72. The summed E-state index contributed by atoms with van der Waals surface area (Å²) < 4.78 is 13.6. The predicted octanol–water partition coefficient (Wildman–Crippen LogP) is 2.30. The van der Waals surface area contributed by atoms with Gasteiger partial charge in [-0.1, -0.05) is 0 Å². The van der Waals surface area contributed by atoms with Crippen LogP contribution in [0.15, 0.2) is 10.9 Å². The first-order valence-electron chi connectivity index (χ1n) is 5.85. The van der Waals surface area contributed by atoms with Crippen LogP contribution in [-0.2, 0) is 4.74 Å². The van der Waals surface area contributed by atoms with Crippen molar-refractivity contribution in [1.82, 2.24) is 19.7 Å². The summed E-state index contributed by atoms with van der Waals surface area (Å²) in [4.78, 5) is 8.28. The number of hydrogen-bond donors (Lipinski definition) is 0. The summed E-state index contributed by atoms with van der Waals surface area (Å²) in [7, 11) is 1.58. The molecule has 2 aromatic heterocycles. The van der Waals surface area contributed by atoms with Gasteiger partial charge in [-0.2, -0.15) is 10.1 Å². The zero-order valence-corrected chi connectivity index (χ0v) is 11.6. The Labute approximate surface area is 112 Å². The number of rotatable bonds is 2. The van der Waals surface area contributed by atoms with Gasteiger partial charge in [-0.25, -0.2) is 9.67 Å². The Balaban J connectivity index is 2.09. The van der Waals surface area contributed by atoms with E-state index in [0.29, 0.717) is 11.4 Å². The molecular weight excluding hydrogens is 300 g/mol. The zero-order valence-electron chi connectivity index (χ0n) is 9.97. The number of methoxy groups -OCH3 is 1. The Morgan fingerprint density at radius 1 is 1.39 bits per heavy atom. The number of nitrogens with zero attached hydrogens (tertiary/aromatic N) is 4. The van der Waals surface area contributed by atoms with Crippen molar-refractivity contribution >= 4 is 27.0 Å². The van der Waals surface area contributed by atoms with Crippen LogP contribution in [0, 0.1) is 0 Å². The number of fused-ring (bicyclic) bond motifs is 1. The van der Waals surface area contributed by atoms with Crippen LogP contribution < -0.4 is 4.74 Å². The molecule has 1 unspecified atom stereocenters. The minimum Gasteiger partial charge on any atom is -0.479 e. The molecule has 3 heterocycles. The molecule has 0 aromatic carbocycles. The van der Waals surface area contributed by atoms with E-state index in [9.17, 15) is 0 Å². The molecular formula is C11H13BrN4O2. The third kappa shape index (κ3) is 1.87. The van der Waals surface area contributed by atoms with Crippen molar-refractivity contribution in [2.45, 2.75) is 25.5 Å². The van der Waals surface area contributed by atoms with Crippen LogP contribution in [0.5, 0.6) is 5.88 Å². The van der Waals surface area contributed by atoms with E-state index in [1.165, 1.54) is 6.33 Å². The van der Waals surface area contributed by atoms with Gasteiger partial charge in [-0.05, 0) is 35.2 Å². The van der Waals surface area contributed by atoms with Gasteiger partial charge in [0, 0.05) is 6.61 Å². The van der Waals surface area contributed by atoms with E-state index in [0.717, 1.165) is 36.0 Å². The van der Waals surface area contributed by atoms with Gasteiger partial charge in [0.2, 0.25) is 5.88 Å². The maximum atomic E-state index is 5.73. The normalized spacial score (nSPS) is 20.2. The molecule has 0 amide bonds. The van der Waals surface area contributed by atoms with E-state index >= 15 is 0 Å². The molecule has 96 valence electrons. The average molecular weight is 313 g/mol. The van der Waals surface area contributed by atoms with Crippen molar-refractivity contribution in [2.75, 3.05) is 13.7 Å². The van der Waals surface area contributed by atoms with Crippen LogP contribution in [0.4, 0.5) is 0 Å². The number of ether oxygens (including phenoxy) is 2. The fourth-order valence-electron chi connectivity index (χ4n) is 2.12. The van der Waals surface area contributed by atoms with Crippen LogP contribution in [0.1, 0.15) is 25.5 Å². The quantitative estimate of drug-likeness (QED) is 0.851. The van der Waals surface area contributed by atoms with Crippen LogP contribution >= 0.6 is 15.9 Å². The highest BCUT2D eigenvalue weighted by atomic mass is 79.9. The molecule has 3 rings (SSSR count). The molecule has 1 fully saturated rings. The summed E-state index contributed by atoms with van der Waals surface area (Å²) in [5.41, 5.74) is 1.40. The Kier molecular flexibility index (Phi) is 3.17. The minimum absolute atomic E-state index is 0.0352. The van der Waals surface area contributed by atoms with E-state index in [-0.39, 0.29) is 6.23 Å². The van der Waals surface area contributed by atoms with E-state index < -0.39 is 0 Å². The molecule has 18 heavy (non-hydrogen) atoms. The molecule has 0 saturated carbocycles. The summed E-state index contributed by atoms with van der Waals surface area (Å²) in [6.07, 6.45) is 4.66. The van der Waals surface area contributed by atoms with E-state index in [2.05, 4.69) is 31.0 Å². The Morgan fingerprint density at radius 3 is 3.00 bits per heavy atom. The Hall–Kier alpha value is -1.21. The second-order valence-electron chi connectivity index (χ2n) is 4.14. The van der Waals surface area contributed by atoms with Crippen molar-refractivity contribution in [3.63, 3.8) is 0 Å². The SMILES string of the molecule is COc1ncnc2c(Br)n(C3CCCCO3)nc12. The average Bonchev–Trinajstić information content (AvgIpc) is 2.77. The lowest BCUT2D eigenvalue weighted by Crippen LogP contribution is -2.19. The highest BCUT2D eigenvalue weighted by Gasteiger charge is 2.23. The summed E-state index contributed by atoms with van der Waals surface area (Å²) in [6, 6.07) is 0. The molecule has 0 aliphatic carbocycles. The molecule has 0 spiro atoms. The fraction of sp³-hybridized carbons (Fsp3) is 0.545. The molecule has 1 saturated heterocycles. The second kappa shape index (κ2) is 4.81. The van der Waals surface area contributed by atoms with E-state index in [1.807, 2.05) is 4.68 Å². The Bertz CT molecular complexity index is 565. The van der Waals surface area contributed by atoms with Gasteiger partial charge in [0.25, 0.3) is 0 Å². The second-order valence-corrected chi connectivity index (χ2v) is 4.89. The van der Waals surface area contributed by atoms with Gasteiger partial charge in [0.05, 0.1) is 7.11 Å². The monoisotopic (exact) mass is 312 g/mol. The lowest BCUT2D eigenvalue weighted by Gasteiger charge is -2.23.